The van der Waals surface area contributed by atoms with Gasteiger partial charge < -0.3 is 14.9 Å². The largest absolute Gasteiger partial charge is 0.480 e. The molecule has 1 fully saturated rings. The minimum atomic E-state index is -1.13. The van der Waals surface area contributed by atoms with Crippen LogP contribution in [0.25, 0.3) is 6.08 Å². The van der Waals surface area contributed by atoms with Crippen LogP contribution in [-0.4, -0.2) is 57.5 Å². The second-order valence-corrected chi connectivity index (χ2v) is 6.50. The Balaban J connectivity index is 1.77. The fraction of sp³-hybridized carbons (Fsp3) is 0.211. The number of nitriles is 1. The first-order valence-corrected chi connectivity index (χ1v) is 8.80. The quantitative estimate of drug-likeness (QED) is 0.783. The van der Waals surface area contributed by atoms with E-state index in [-0.39, 0.29) is 18.8 Å². The fourth-order valence-corrected chi connectivity index (χ4v) is 3.16. The van der Waals surface area contributed by atoms with Gasteiger partial charge in [-0.2, -0.15) is 5.26 Å². The van der Waals surface area contributed by atoms with Crippen molar-refractivity contribution in [2.75, 3.05) is 24.5 Å². The Labute approximate surface area is 166 Å². The van der Waals surface area contributed by atoms with Gasteiger partial charge in [0.25, 0.3) is 0 Å². The van der Waals surface area contributed by atoms with Crippen molar-refractivity contribution in [2.24, 2.45) is 0 Å². The van der Waals surface area contributed by atoms with Gasteiger partial charge >= 0.3 is 5.97 Å². The van der Waals surface area contributed by atoms with E-state index in [1.165, 1.54) is 23.4 Å². The van der Waals surface area contributed by atoms with Crippen LogP contribution >= 0.6 is 11.6 Å². The van der Waals surface area contributed by atoms with Crippen molar-refractivity contribution in [1.29, 1.82) is 5.26 Å². The highest BCUT2D eigenvalue weighted by Gasteiger charge is 2.35. The molecule has 9 heteroatoms. The predicted molar refractivity (Wildman–Crippen MR) is 103 cm³/mol. The summed E-state index contributed by atoms with van der Waals surface area (Å²) in [6, 6.07) is 7.86. The lowest BCUT2D eigenvalue weighted by atomic mass is 10.1. The van der Waals surface area contributed by atoms with E-state index >= 15 is 0 Å². The summed E-state index contributed by atoms with van der Waals surface area (Å²) in [5.74, 6) is -1.22. The molecule has 2 heterocycles. The lowest BCUT2D eigenvalue weighted by Gasteiger charge is -2.39. The van der Waals surface area contributed by atoms with Crippen molar-refractivity contribution >= 4 is 35.4 Å². The molecule has 1 amide bonds. The third-order valence-corrected chi connectivity index (χ3v) is 4.53. The Bertz CT molecular complexity index is 972. The van der Waals surface area contributed by atoms with Gasteiger partial charge in [0, 0.05) is 36.6 Å². The number of amides is 1. The van der Waals surface area contributed by atoms with Gasteiger partial charge in [-0.25, -0.2) is 14.8 Å². The lowest BCUT2D eigenvalue weighted by molar-refractivity contribution is -0.148. The highest BCUT2D eigenvalue weighted by molar-refractivity contribution is 6.30. The number of benzene rings is 1. The van der Waals surface area contributed by atoms with E-state index in [9.17, 15) is 20.0 Å². The van der Waals surface area contributed by atoms with Crippen molar-refractivity contribution in [1.82, 2.24) is 14.9 Å². The van der Waals surface area contributed by atoms with Gasteiger partial charge in [0.05, 0.1) is 6.54 Å². The average Bonchev–Trinajstić information content (AvgIpc) is 2.71. The number of aromatic nitrogens is 2. The zero-order valence-corrected chi connectivity index (χ0v) is 15.5. The molecule has 0 bridgehead atoms. The van der Waals surface area contributed by atoms with Gasteiger partial charge in [0.2, 0.25) is 5.91 Å². The first-order valence-electron chi connectivity index (χ1n) is 8.42. The summed E-state index contributed by atoms with van der Waals surface area (Å²) in [4.78, 5) is 35.4. The topological polar surface area (TPSA) is 110 Å². The summed E-state index contributed by atoms with van der Waals surface area (Å²) in [5, 5.41) is 19.3. The van der Waals surface area contributed by atoms with Crippen LogP contribution in [0.4, 0.5) is 5.82 Å². The van der Waals surface area contributed by atoms with Gasteiger partial charge in [-0.15, -0.1) is 0 Å². The van der Waals surface area contributed by atoms with Crippen molar-refractivity contribution in [3.63, 3.8) is 0 Å². The first-order chi connectivity index (χ1) is 13.5. The molecule has 1 saturated heterocycles. The molecule has 1 N–H and O–H groups in total. The normalized spacial score (nSPS) is 16.8. The molecule has 28 heavy (non-hydrogen) atoms. The number of hydrogen-bond acceptors (Lipinski definition) is 6. The number of hydrogen-bond donors (Lipinski definition) is 1. The third kappa shape index (κ3) is 4.27. The number of piperazine rings is 1. The average molecular weight is 398 g/mol. The number of aliphatic carboxylic acids is 1. The molecule has 1 aromatic heterocycles. The van der Waals surface area contributed by atoms with Gasteiger partial charge in [0.15, 0.2) is 11.5 Å². The maximum Gasteiger partial charge on any atom is 0.328 e. The third-order valence-electron chi connectivity index (χ3n) is 4.30. The second kappa shape index (κ2) is 8.50. The van der Waals surface area contributed by atoms with Crippen LogP contribution in [0.15, 0.2) is 42.7 Å². The Hall–Kier alpha value is -3.44. The molecule has 0 aliphatic carbocycles. The van der Waals surface area contributed by atoms with Crippen LogP contribution < -0.4 is 4.90 Å². The molecule has 0 radical (unpaired) electrons. The first kappa shape index (κ1) is 19.3. The van der Waals surface area contributed by atoms with E-state index in [0.717, 1.165) is 5.56 Å². The summed E-state index contributed by atoms with van der Waals surface area (Å²) in [7, 11) is 0. The van der Waals surface area contributed by atoms with Crippen LogP contribution in [0, 0.1) is 11.3 Å². The zero-order chi connectivity index (χ0) is 20.1. The smallest absolute Gasteiger partial charge is 0.328 e. The molecule has 0 saturated carbocycles. The van der Waals surface area contributed by atoms with E-state index in [0.29, 0.717) is 17.4 Å². The zero-order valence-electron chi connectivity index (χ0n) is 14.7. The standard InChI is InChI=1S/C19H16ClN5O3/c20-14-3-1-2-13(10-14)4-5-17(26)25-9-8-24(12-16(25)19(27)28)18-15(11-21)22-6-7-23-18/h1-7,10,16H,8-9,12H2,(H,27,28)/b5-4+. The molecular formula is C19H16ClN5O3. The molecule has 2 aromatic rings. The van der Waals surface area contributed by atoms with Gasteiger partial charge in [-0.1, -0.05) is 23.7 Å². The maximum atomic E-state index is 12.6. The number of carboxylic acid groups (broad SMARTS) is 1. The van der Waals surface area contributed by atoms with Crippen molar-refractivity contribution in [3.05, 3.63) is 59.0 Å². The Morgan fingerprint density at radius 3 is 2.79 bits per heavy atom. The number of carbonyl (C=O) groups excluding carboxylic acids is 1. The Morgan fingerprint density at radius 2 is 2.07 bits per heavy atom. The monoisotopic (exact) mass is 397 g/mol. The van der Waals surface area contributed by atoms with E-state index < -0.39 is 17.9 Å². The van der Waals surface area contributed by atoms with Crippen molar-refractivity contribution in [3.8, 4) is 6.07 Å². The van der Waals surface area contributed by atoms with E-state index in [4.69, 9.17) is 11.6 Å². The van der Waals surface area contributed by atoms with Gasteiger partial charge in [0.1, 0.15) is 12.1 Å². The van der Waals surface area contributed by atoms with E-state index in [1.54, 1.807) is 35.2 Å². The molecule has 8 nitrogen and oxygen atoms in total. The highest BCUT2D eigenvalue weighted by atomic mass is 35.5. The molecule has 3 rings (SSSR count). The van der Waals surface area contributed by atoms with Crippen LogP contribution in [0.5, 0.6) is 0 Å². The van der Waals surface area contributed by atoms with Crippen LogP contribution in [0.3, 0.4) is 0 Å². The summed E-state index contributed by atoms with van der Waals surface area (Å²) in [6.45, 7) is 0.532. The van der Waals surface area contributed by atoms with Crippen LogP contribution in [0.2, 0.25) is 5.02 Å². The van der Waals surface area contributed by atoms with Crippen molar-refractivity contribution in [2.45, 2.75) is 6.04 Å². The summed E-state index contributed by atoms with van der Waals surface area (Å²) < 4.78 is 0. The fourth-order valence-electron chi connectivity index (χ4n) is 2.96. The maximum absolute atomic E-state index is 12.6. The molecule has 1 aliphatic rings. The Morgan fingerprint density at radius 1 is 1.29 bits per heavy atom. The molecule has 142 valence electrons. The number of rotatable bonds is 4. The SMILES string of the molecule is N#Cc1nccnc1N1CCN(C(=O)/C=C/c2cccc(Cl)c2)C(C(=O)O)C1. The molecule has 1 atom stereocenters. The molecule has 1 aromatic carbocycles. The lowest BCUT2D eigenvalue weighted by Crippen LogP contribution is -2.58. The van der Waals surface area contributed by atoms with Gasteiger partial charge in [-0.3, -0.25) is 4.79 Å². The van der Waals surface area contributed by atoms with Crippen LogP contribution in [-0.2, 0) is 9.59 Å². The molecule has 1 aliphatic heterocycles. The van der Waals surface area contributed by atoms with Gasteiger partial charge in [-0.05, 0) is 23.8 Å². The molecular weight excluding hydrogens is 382 g/mol. The summed E-state index contributed by atoms with van der Waals surface area (Å²) >= 11 is 5.93. The highest BCUT2D eigenvalue weighted by Crippen LogP contribution is 2.20. The van der Waals surface area contributed by atoms with Crippen molar-refractivity contribution < 1.29 is 14.7 Å². The second-order valence-electron chi connectivity index (χ2n) is 6.06. The minimum Gasteiger partial charge on any atom is -0.480 e. The minimum absolute atomic E-state index is 0.0133. The summed E-state index contributed by atoms with van der Waals surface area (Å²) in [5.41, 5.74) is 0.858. The number of carbonyl (C=O) groups is 2. The molecule has 0 spiro atoms. The Kier molecular flexibility index (Phi) is 5.87. The number of halogens is 1. The number of nitrogens with zero attached hydrogens (tertiary/aromatic N) is 5. The number of anilines is 1. The van der Waals surface area contributed by atoms with E-state index in [2.05, 4.69) is 9.97 Å². The summed E-state index contributed by atoms with van der Waals surface area (Å²) in [6.07, 6.45) is 5.77. The number of carboxylic acids is 1. The van der Waals surface area contributed by atoms with E-state index in [1.807, 2.05) is 6.07 Å². The van der Waals surface area contributed by atoms with Crippen LogP contribution in [0.1, 0.15) is 11.3 Å². The predicted octanol–water partition coefficient (Wildman–Crippen LogP) is 1.82. The molecule has 1 unspecified atom stereocenters.